The lowest BCUT2D eigenvalue weighted by Crippen LogP contribution is -2.47. The number of amides is 1. The van der Waals surface area contributed by atoms with Crippen LogP contribution < -0.4 is 5.32 Å². The Balaban J connectivity index is 1.94. The second-order valence-corrected chi connectivity index (χ2v) is 6.96. The molecule has 1 fully saturated rings. The molecule has 1 heterocycles. The van der Waals surface area contributed by atoms with Gasteiger partial charge in [-0.3, -0.25) is 0 Å². The van der Waals surface area contributed by atoms with Crippen LogP contribution in [-0.2, 0) is 20.7 Å². The molecule has 0 spiro atoms. The average molecular weight is 331 g/mol. The molecule has 1 N–H and O–H groups in total. The van der Waals surface area contributed by atoms with Crippen LogP contribution in [0.4, 0.5) is 4.79 Å². The fourth-order valence-corrected chi connectivity index (χ4v) is 2.39. The highest BCUT2D eigenvalue weighted by Crippen LogP contribution is 2.37. The van der Waals surface area contributed by atoms with Crippen molar-refractivity contribution in [3.05, 3.63) is 48.6 Å². The monoisotopic (exact) mass is 331 g/mol. The van der Waals surface area contributed by atoms with Gasteiger partial charge in [-0.05, 0) is 39.7 Å². The van der Waals surface area contributed by atoms with Gasteiger partial charge in [-0.15, -0.1) is 6.58 Å². The van der Waals surface area contributed by atoms with E-state index in [1.807, 2.05) is 58.0 Å². The molecular weight excluding hydrogens is 305 g/mol. The smallest absolute Gasteiger partial charge is 0.445 e. The van der Waals surface area contributed by atoms with Crippen molar-refractivity contribution >= 4 is 13.2 Å². The fraction of sp³-hybridized carbons (Fsp3) is 0.500. The van der Waals surface area contributed by atoms with E-state index in [2.05, 4.69) is 11.9 Å². The van der Waals surface area contributed by atoms with Gasteiger partial charge in [-0.1, -0.05) is 36.4 Å². The SMILES string of the molecule is C=CCC(NC(=O)OCc1ccccc1)B1OC(C)(C)C(C)(C)O1. The number of hydrogen-bond acceptors (Lipinski definition) is 4. The van der Waals surface area contributed by atoms with Crippen LogP contribution in [0.5, 0.6) is 0 Å². The Hall–Kier alpha value is -1.79. The zero-order valence-electron chi connectivity index (χ0n) is 14.9. The van der Waals surface area contributed by atoms with Crippen LogP contribution in [0, 0.1) is 0 Å². The highest BCUT2D eigenvalue weighted by molar-refractivity contribution is 6.48. The second-order valence-electron chi connectivity index (χ2n) is 6.96. The number of benzene rings is 1. The van der Waals surface area contributed by atoms with E-state index in [1.165, 1.54) is 0 Å². The number of hydrogen-bond donors (Lipinski definition) is 1. The number of rotatable bonds is 6. The van der Waals surface area contributed by atoms with Crippen molar-refractivity contribution in [2.75, 3.05) is 0 Å². The third-order valence-corrected chi connectivity index (χ3v) is 4.54. The van der Waals surface area contributed by atoms with Gasteiger partial charge in [0.2, 0.25) is 0 Å². The van der Waals surface area contributed by atoms with Crippen molar-refractivity contribution in [2.45, 2.75) is 57.9 Å². The number of alkyl carbamates (subject to hydrolysis) is 1. The van der Waals surface area contributed by atoms with Gasteiger partial charge in [0.25, 0.3) is 0 Å². The minimum absolute atomic E-state index is 0.219. The third kappa shape index (κ3) is 4.39. The van der Waals surface area contributed by atoms with E-state index in [0.29, 0.717) is 6.42 Å². The first kappa shape index (κ1) is 18.6. The van der Waals surface area contributed by atoms with E-state index in [4.69, 9.17) is 14.0 Å². The average Bonchev–Trinajstić information content (AvgIpc) is 2.74. The van der Waals surface area contributed by atoms with Crippen LogP contribution >= 0.6 is 0 Å². The summed E-state index contributed by atoms with van der Waals surface area (Å²) in [6.45, 7) is 11.9. The quantitative estimate of drug-likeness (QED) is 0.640. The van der Waals surface area contributed by atoms with Gasteiger partial charge in [0.05, 0.1) is 17.1 Å². The molecule has 2 rings (SSSR count). The van der Waals surface area contributed by atoms with E-state index >= 15 is 0 Å². The lowest BCUT2D eigenvalue weighted by Gasteiger charge is -2.32. The van der Waals surface area contributed by atoms with E-state index in [0.717, 1.165) is 5.56 Å². The molecule has 24 heavy (non-hydrogen) atoms. The molecular formula is C18H26BNO4. The molecule has 1 amide bonds. The summed E-state index contributed by atoms with van der Waals surface area (Å²) in [5.41, 5.74) is 0.0305. The summed E-state index contributed by atoms with van der Waals surface area (Å²) in [6, 6.07) is 9.54. The predicted octanol–water partition coefficient (Wildman–Crippen LogP) is 3.49. The summed E-state index contributed by atoms with van der Waals surface area (Å²) in [5, 5.41) is 2.82. The Morgan fingerprint density at radius 2 is 1.83 bits per heavy atom. The zero-order valence-corrected chi connectivity index (χ0v) is 14.9. The summed E-state index contributed by atoms with van der Waals surface area (Å²) in [5.74, 6) is -0.355. The first-order chi connectivity index (χ1) is 11.2. The van der Waals surface area contributed by atoms with Crippen molar-refractivity contribution in [1.82, 2.24) is 5.32 Å². The van der Waals surface area contributed by atoms with E-state index in [-0.39, 0.29) is 12.5 Å². The highest BCUT2D eigenvalue weighted by Gasteiger charge is 2.53. The van der Waals surface area contributed by atoms with Crippen molar-refractivity contribution in [2.24, 2.45) is 0 Å². The molecule has 130 valence electrons. The Kier molecular flexibility index (Phi) is 5.72. The molecule has 1 aromatic carbocycles. The summed E-state index contributed by atoms with van der Waals surface area (Å²) in [4.78, 5) is 12.1. The van der Waals surface area contributed by atoms with Gasteiger partial charge in [-0.25, -0.2) is 4.79 Å². The molecule has 1 atom stereocenters. The number of ether oxygens (including phenoxy) is 1. The van der Waals surface area contributed by atoms with Gasteiger partial charge in [0.1, 0.15) is 6.61 Å². The molecule has 1 unspecified atom stereocenters. The molecule has 0 bridgehead atoms. The summed E-state index contributed by atoms with van der Waals surface area (Å²) in [7, 11) is -0.544. The Morgan fingerprint density at radius 3 is 2.38 bits per heavy atom. The number of nitrogens with one attached hydrogen (secondary N) is 1. The standard InChI is InChI=1S/C18H26BNO4/c1-6-10-15(19-23-17(2,3)18(4,5)24-19)20-16(21)22-13-14-11-8-7-9-12-14/h6-9,11-12,15H,1,10,13H2,2-5H3,(H,20,21). The van der Waals surface area contributed by atoms with Gasteiger partial charge in [-0.2, -0.15) is 0 Å². The molecule has 0 radical (unpaired) electrons. The van der Waals surface area contributed by atoms with Crippen LogP contribution in [0.1, 0.15) is 39.7 Å². The lowest BCUT2D eigenvalue weighted by molar-refractivity contribution is 0.00578. The predicted molar refractivity (Wildman–Crippen MR) is 94.4 cm³/mol. The van der Waals surface area contributed by atoms with Crippen LogP contribution in [0.3, 0.4) is 0 Å². The lowest BCUT2D eigenvalue weighted by atomic mass is 9.76. The van der Waals surface area contributed by atoms with Crippen LogP contribution in [0.15, 0.2) is 43.0 Å². The maximum absolute atomic E-state index is 12.1. The third-order valence-electron chi connectivity index (χ3n) is 4.54. The molecule has 5 nitrogen and oxygen atoms in total. The van der Waals surface area contributed by atoms with Crippen molar-refractivity contribution in [3.8, 4) is 0 Å². The largest absolute Gasteiger partial charge is 0.482 e. The van der Waals surface area contributed by atoms with Crippen LogP contribution in [0.2, 0.25) is 0 Å². The van der Waals surface area contributed by atoms with Crippen LogP contribution in [0.25, 0.3) is 0 Å². The van der Waals surface area contributed by atoms with Crippen molar-refractivity contribution in [1.29, 1.82) is 0 Å². The number of carbonyl (C=O) groups excluding carboxylic acids is 1. The zero-order chi connectivity index (χ0) is 17.8. The Labute approximate surface area is 144 Å². The summed E-state index contributed by atoms with van der Waals surface area (Å²) < 4.78 is 17.3. The van der Waals surface area contributed by atoms with Crippen molar-refractivity contribution in [3.63, 3.8) is 0 Å². The fourth-order valence-electron chi connectivity index (χ4n) is 2.39. The van der Waals surface area contributed by atoms with Gasteiger partial charge in [0.15, 0.2) is 0 Å². The topological polar surface area (TPSA) is 56.8 Å². The van der Waals surface area contributed by atoms with E-state index in [1.54, 1.807) is 6.08 Å². The minimum Gasteiger partial charge on any atom is -0.445 e. The highest BCUT2D eigenvalue weighted by atomic mass is 16.7. The van der Waals surface area contributed by atoms with E-state index < -0.39 is 24.4 Å². The van der Waals surface area contributed by atoms with Crippen molar-refractivity contribution < 1.29 is 18.8 Å². The summed E-state index contributed by atoms with van der Waals surface area (Å²) >= 11 is 0. The molecule has 1 aliphatic heterocycles. The molecule has 1 aromatic rings. The first-order valence-electron chi connectivity index (χ1n) is 8.19. The van der Waals surface area contributed by atoms with Crippen LogP contribution in [-0.4, -0.2) is 30.4 Å². The maximum atomic E-state index is 12.1. The van der Waals surface area contributed by atoms with Gasteiger partial charge in [0, 0.05) is 0 Å². The maximum Gasteiger partial charge on any atom is 0.482 e. The minimum atomic E-state index is -0.544. The second kappa shape index (κ2) is 7.41. The Morgan fingerprint density at radius 1 is 1.25 bits per heavy atom. The molecule has 6 heteroatoms. The molecule has 1 saturated heterocycles. The molecule has 0 saturated carbocycles. The number of carbonyl (C=O) groups is 1. The Bertz CT molecular complexity index is 558. The van der Waals surface area contributed by atoms with Gasteiger partial charge >= 0.3 is 13.2 Å². The van der Waals surface area contributed by atoms with Gasteiger partial charge < -0.3 is 19.4 Å². The molecule has 0 aromatic heterocycles. The molecule has 0 aliphatic carbocycles. The summed E-state index contributed by atoms with van der Waals surface area (Å²) in [6.07, 6.45) is 1.75. The normalized spacial score (nSPS) is 19.6. The molecule has 1 aliphatic rings. The van der Waals surface area contributed by atoms with E-state index in [9.17, 15) is 4.79 Å². The first-order valence-corrected chi connectivity index (χ1v) is 8.19.